The zero-order valence-electron chi connectivity index (χ0n) is 20.2. The molecular weight excluding hydrogens is 454 g/mol. The lowest BCUT2D eigenvalue weighted by Gasteiger charge is -2.16. The van der Waals surface area contributed by atoms with Gasteiger partial charge in [-0.2, -0.15) is 10.2 Å². The van der Waals surface area contributed by atoms with Gasteiger partial charge in [0.2, 0.25) is 0 Å². The highest BCUT2D eigenvalue weighted by Gasteiger charge is 2.29. The molecular formula is C28H25N5O3. The van der Waals surface area contributed by atoms with E-state index in [2.05, 4.69) is 37.9 Å². The molecule has 0 unspecified atom stereocenters. The standard InChI is InChI=1S/C28H25N5O3/c1-33(2)16-17-4-9-22(10-5-17)31-26(18-6-7-20-14-29-30-15-21(20)12-18)25-23-11-8-19(28(35)36-3)13-24(23)32-27(25)34/h4-15,31H,16H2,1-3H3,(H,32,34)/b26-25-. The number of ether oxygens (including phenoxy) is 1. The van der Waals surface area contributed by atoms with Crippen molar-refractivity contribution in [3.63, 3.8) is 0 Å². The Hall–Kier alpha value is -4.56. The topological polar surface area (TPSA) is 96.4 Å². The maximum absolute atomic E-state index is 13.3. The first-order valence-electron chi connectivity index (χ1n) is 11.4. The maximum atomic E-state index is 13.3. The molecule has 0 saturated heterocycles. The van der Waals surface area contributed by atoms with Gasteiger partial charge in [0, 0.05) is 28.6 Å². The normalized spacial score (nSPS) is 13.9. The highest BCUT2D eigenvalue weighted by molar-refractivity contribution is 6.37. The lowest BCUT2D eigenvalue weighted by atomic mass is 9.98. The van der Waals surface area contributed by atoms with Gasteiger partial charge in [-0.05, 0) is 55.6 Å². The summed E-state index contributed by atoms with van der Waals surface area (Å²) in [4.78, 5) is 27.4. The fourth-order valence-corrected chi connectivity index (χ4v) is 4.30. The number of methoxy groups -OCH3 is 1. The van der Waals surface area contributed by atoms with Crippen LogP contribution >= 0.6 is 0 Å². The number of fused-ring (bicyclic) bond motifs is 2. The predicted octanol–water partition coefficient (Wildman–Crippen LogP) is 4.41. The Balaban J connectivity index is 1.64. The number of nitrogens with zero attached hydrogens (tertiary/aromatic N) is 3. The van der Waals surface area contributed by atoms with Gasteiger partial charge in [-0.1, -0.05) is 30.3 Å². The zero-order valence-corrected chi connectivity index (χ0v) is 20.2. The Kier molecular flexibility index (Phi) is 6.18. The van der Waals surface area contributed by atoms with Crippen LogP contribution in [0.5, 0.6) is 0 Å². The summed E-state index contributed by atoms with van der Waals surface area (Å²) in [6, 6.07) is 19.1. The average Bonchev–Trinajstić information content (AvgIpc) is 3.21. The first kappa shape index (κ1) is 23.2. The number of rotatable bonds is 6. The number of carbonyl (C=O) groups excluding carboxylic acids is 2. The first-order chi connectivity index (χ1) is 17.4. The molecule has 36 heavy (non-hydrogen) atoms. The number of carbonyl (C=O) groups is 2. The Labute approximate surface area is 208 Å². The van der Waals surface area contributed by atoms with E-state index < -0.39 is 5.97 Å². The molecule has 4 aromatic rings. The van der Waals surface area contributed by atoms with Gasteiger partial charge in [0.15, 0.2) is 0 Å². The number of esters is 1. The molecule has 0 atom stereocenters. The van der Waals surface area contributed by atoms with Gasteiger partial charge < -0.3 is 20.3 Å². The summed E-state index contributed by atoms with van der Waals surface area (Å²) in [6.07, 6.45) is 3.40. The minimum atomic E-state index is -0.462. The number of anilines is 2. The molecule has 0 fully saturated rings. The van der Waals surface area contributed by atoms with Crippen LogP contribution in [0.1, 0.15) is 27.0 Å². The van der Waals surface area contributed by atoms with Gasteiger partial charge in [-0.15, -0.1) is 0 Å². The first-order valence-corrected chi connectivity index (χ1v) is 11.4. The Morgan fingerprint density at radius 3 is 2.39 bits per heavy atom. The molecule has 1 aromatic heterocycles. The molecule has 0 aliphatic carbocycles. The van der Waals surface area contributed by atoms with Crippen molar-refractivity contribution in [3.05, 3.63) is 95.3 Å². The molecule has 1 aliphatic heterocycles. The number of benzene rings is 3. The average molecular weight is 480 g/mol. The summed E-state index contributed by atoms with van der Waals surface area (Å²) in [5.74, 6) is -0.719. The summed E-state index contributed by atoms with van der Waals surface area (Å²) in [7, 11) is 5.39. The summed E-state index contributed by atoms with van der Waals surface area (Å²) in [5.41, 5.74) is 5.62. The van der Waals surface area contributed by atoms with E-state index in [9.17, 15) is 9.59 Å². The molecule has 3 aromatic carbocycles. The smallest absolute Gasteiger partial charge is 0.337 e. The van der Waals surface area contributed by atoms with Crippen molar-refractivity contribution in [2.45, 2.75) is 6.54 Å². The van der Waals surface area contributed by atoms with E-state index in [1.165, 1.54) is 12.7 Å². The third-order valence-electron chi connectivity index (χ3n) is 5.99. The van der Waals surface area contributed by atoms with Crippen LogP contribution in [0, 0.1) is 0 Å². The van der Waals surface area contributed by atoms with Crippen molar-refractivity contribution in [2.24, 2.45) is 0 Å². The minimum absolute atomic E-state index is 0.258. The molecule has 8 heteroatoms. The van der Waals surface area contributed by atoms with E-state index in [1.54, 1.807) is 30.6 Å². The minimum Gasteiger partial charge on any atom is -0.465 e. The monoisotopic (exact) mass is 479 g/mol. The van der Waals surface area contributed by atoms with E-state index in [0.717, 1.165) is 28.6 Å². The van der Waals surface area contributed by atoms with E-state index in [-0.39, 0.29) is 5.91 Å². The number of nitrogens with one attached hydrogen (secondary N) is 2. The van der Waals surface area contributed by atoms with Gasteiger partial charge in [0.05, 0.1) is 42.0 Å². The van der Waals surface area contributed by atoms with Crippen LogP contribution in [0.25, 0.3) is 22.0 Å². The van der Waals surface area contributed by atoms with Crippen molar-refractivity contribution >= 4 is 45.3 Å². The third kappa shape index (κ3) is 4.54. The van der Waals surface area contributed by atoms with Crippen molar-refractivity contribution in [2.75, 3.05) is 31.8 Å². The summed E-state index contributed by atoms with van der Waals surface area (Å²) < 4.78 is 4.83. The van der Waals surface area contributed by atoms with Crippen LogP contribution in [0.3, 0.4) is 0 Å². The molecule has 0 bridgehead atoms. The summed E-state index contributed by atoms with van der Waals surface area (Å²) in [6.45, 7) is 0.832. The van der Waals surface area contributed by atoms with Crippen LogP contribution in [0.2, 0.25) is 0 Å². The SMILES string of the molecule is COC(=O)c1ccc2c(c1)NC(=O)/C2=C(\Nc1ccc(CN(C)C)cc1)c1ccc2cnncc2c1. The van der Waals surface area contributed by atoms with Crippen molar-refractivity contribution in [1.29, 1.82) is 0 Å². The van der Waals surface area contributed by atoms with Crippen LogP contribution < -0.4 is 10.6 Å². The fourth-order valence-electron chi connectivity index (χ4n) is 4.30. The largest absolute Gasteiger partial charge is 0.465 e. The van der Waals surface area contributed by atoms with Gasteiger partial charge in [0.25, 0.3) is 5.91 Å². The van der Waals surface area contributed by atoms with E-state index >= 15 is 0 Å². The van der Waals surface area contributed by atoms with Crippen LogP contribution in [0.15, 0.2) is 73.1 Å². The summed E-state index contributed by atoms with van der Waals surface area (Å²) >= 11 is 0. The van der Waals surface area contributed by atoms with Gasteiger partial charge >= 0.3 is 5.97 Å². The third-order valence-corrected chi connectivity index (χ3v) is 5.99. The Bertz CT molecular complexity index is 1510. The summed E-state index contributed by atoms with van der Waals surface area (Å²) in [5, 5.41) is 16.2. The van der Waals surface area contributed by atoms with Crippen molar-refractivity contribution in [1.82, 2.24) is 15.1 Å². The lowest BCUT2D eigenvalue weighted by Crippen LogP contribution is -2.11. The molecule has 180 valence electrons. The highest BCUT2D eigenvalue weighted by atomic mass is 16.5. The van der Waals surface area contributed by atoms with Crippen LogP contribution in [-0.4, -0.2) is 48.2 Å². The van der Waals surface area contributed by atoms with Gasteiger partial charge in [0.1, 0.15) is 0 Å². The predicted molar refractivity (Wildman–Crippen MR) is 140 cm³/mol. The molecule has 2 N–H and O–H groups in total. The van der Waals surface area contributed by atoms with Gasteiger partial charge in [-0.3, -0.25) is 4.79 Å². The highest BCUT2D eigenvalue weighted by Crippen LogP contribution is 2.38. The Morgan fingerprint density at radius 1 is 0.944 bits per heavy atom. The second-order valence-corrected chi connectivity index (χ2v) is 8.85. The maximum Gasteiger partial charge on any atom is 0.337 e. The lowest BCUT2D eigenvalue weighted by molar-refractivity contribution is -0.110. The molecule has 1 amide bonds. The number of aromatic nitrogens is 2. The quantitative estimate of drug-likeness (QED) is 0.312. The molecule has 0 saturated carbocycles. The molecule has 2 heterocycles. The number of hydrogen-bond donors (Lipinski definition) is 2. The number of amides is 1. The molecule has 0 radical (unpaired) electrons. The van der Waals surface area contributed by atoms with Crippen molar-refractivity contribution < 1.29 is 14.3 Å². The van der Waals surface area contributed by atoms with Gasteiger partial charge in [-0.25, -0.2) is 4.79 Å². The number of hydrogen-bond acceptors (Lipinski definition) is 7. The Morgan fingerprint density at radius 2 is 1.67 bits per heavy atom. The second-order valence-electron chi connectivity index (χ2n) is 8.85. The van der Waals surface area contributed by atoms with Crippen molar-refractivity contribution in [3.8, 4) is 0 Å². The van der Waals surface area contributed by atoms with E-state index in [4.69, 9.17) is 4.74 Å². The molecule has 0 spiro atoms. The fraction of sp³-hybridized carbons (Fsp3) is 0.143. The van der Waals surface area contributed by atoms with Crippen LogP contribution in [0.4, 0.5) is 11.4 Å². The molecule has 8 nitrogen and oxygen atoms in total. The zero-order chi connectivity index (χ0) is 25.2. The molecule has 5 rings (SSSR count). The van der Waals surface area contributed by atoms with E-state index in [1.807, 2.05) is 44.4 Å². The second kappa shape index (κ2) is 9.59. The van der Waals surface area contributed by atoms with Crippen LogP contribution in [-0.2, 0) is 16.1 Å². The molecule has 1 aliphatic rings. The van der Waals surface area contributed by atoms with E-state index in [0.29, 0.717) is 28.1 Å².